The third kappa shape index (κ3) is 3.79. The Morgan fingerprint density at radius 2 is 2.05 bits per heavy atom. The average Bonchev–Trinajstić information content (AvgIpc) is 3.06. The van der Waals surface area contributed by atoms with Crippen LogP contribution in [0.2, 0.25) is 0 Å². The molecule has 0 saturated heterocycles. The number of hydrogen-bond donors (Lipinski definition) is 0. The van der Waals surface area contributed by atoms with Gasteiger partial charge in [-0.05, 0) is 50.0 Å². The van der Waals surface area contributed by atoms with Gasteiger partial charge in [0.1, 0.15) is 6.10 Å². The first-order valence-electron chi connectivity index (χ1n) is 7.68. The van der Waals surface area contributed by atoms with E-state index in [1.54, 1.807) is 12.2 Å². The second kappa shape index (κ2) is 6.83. The lowest BCUT2D eigenvalue weighted by Crippen LogP contribution is -2.23. The third-order valence-corrected chi connectivity index (χ3v) is 4.19. The van der Waals surface area contributed by atoms with Crippen molar-refractivity contribution in [2.45, 2.75) is 52.1 Å². The number of esters is 2. The topological polar surface area (TPSA) is 52.6 Å². The van der Waals surface area contributed by atoms with Crippen molar-refractivity contribution in [3.8, 4) is 11.8 Å². The van der Waals surface area contributed by atoms with Crippen LogP contribution in [0.15, 0.2) is 24.5 Å². The highest BCUT2D eigenvalue weighted by Gasteiger charge is 2.63. The molecule has 0 bridgehead atoms. The van der Waals surface area contributed by atoms with Crippen LogP contribution in [-0.2, 0) is 19.1 Å². The number of rotatable bonds is 5. The van der Waals surface area contributed by atoms with E-state index >= 15 is 0 Å². The molecule has 22 heavy (non-hydrogen) atoms. The van der Waals surface area contributed by atoms with Crippen LogP contribution in [0.4, 0.5) is 0 Å². The Morgan fingerprint density at radius 3 is 2.64 bits per heavy atom. The molecule has 2 rings (SSSR count). The summed E-state index contributed by atoms with van der Waals surface area (Å²) >= 11 is 0. The zero-order chi connectivity index (χ0) is 16.2. The van der Waals surface area contributed by atoms with Crippen molar-refractivity contribution in [3.63, 3.8) is 0 Å². The maximum Gasteiger partial charge on any atom is 0.308 e. The van der Waals surface area contributed by atoms with E-state index in [0.717, 1.165) is 32.1 Å². The molecule has 4 heteroatoms. The molecule has 0 N–H and O–H groups in total. The lowest BCUT2D eigenvalue weighted by Gasteiger charge is -2.18. The molecule has 0 aliphatic heterocycles. The van der Waals surface area contributed by atoms with E-state index in [2.05, 4.69) is 18.4 Å². The molecule has 0 aromatic carbocycles. The number of unbranched alkanes of at least 4 members (excludes halogenated alkanes) is 1. The van der Waals surface area contributed by atoms with Gasteiger partial charge in [-0.3, -0.25) is 9.59 Å². The number of carbonyl (C=O) groups is 2. The Bertz CT molecular complexity index is 563. The van der Waals surface area contributed by atoms with Gasteiger partial charge in [0.2, 0.25) is 0 Å². The Labute approximate surface area is 131 Å². The molecule has 2 aliphatic carbocycles. The minimum Gasteiger partial charge on any atom is -0.461 e. The van der Waals surface area contributed by atoms with Crippen LogP contribution in [0.3, 0.4) is 0 Å². The zero-order valence-corrected chi connectivity index (χ0v) is 13.2. The first-order chi connectivity index (χ1) is 10.5. The Balaban J connectivity index is 2.11. The maximum absolute atomic E-state index is 11.2. The summed E-state index contributed by atoms with van der Waals surface area (Å²) in [7, 11) is 0. The van der Waals surface area contributed by atoms with Gasteiger partial charge in [-0.1, -0.05) is 12.0 Å². The molecule has 2 saturated carbocycles. The van der Waals surface area contributed by atoms with Crippen molar-refractivity contribution in [1.82, 2.24) is 0 Å². The summed E-state index contributed by atoms with van der Waals surface area (Å²) in [6.45, 7) is 6.45. The minimum absolute atomic E-state index is 0.130. The second-order valence-corrected chi connectivity index (χ2v) is 5.89. The highest BCUT2D eigenvalue weighted by Crippen LogP contribution is 2.64. The van der Waals surface area contributed by atoms with Crippen molar-refractivity contribution in [1.29, 1.82) is 0 Å². The van der Waals surface area contributed by atoms with E-state index in [-0.39, 0.29) is 23.5 Å². The van der Waals surface area contributed by atoms with E-state index in [9.17, 15) is 9.59 Å². The van der Waals surface area contributed by atoms with E-state index in [4.69, 9.17) is 9.47 Å². The predicted molar refractivity (Wildman–Crippen MR) is 82.4 cm³/mol. The Hall–Kier alpha value is -2.02. The van der Waals surface area contributed by atoms with Crippen molar-refractivity contribution in [2.24, 2.45) is 11.3 Å². The quantitative estimate of drug-likeness (QED) is 0.257. The lowest BCUT2D eigenvalue weighted by molar-refractivity contribution is -0.148. The first kappa shape index (κ1) is 16.4. The van der Waals surface area contributed by atoms with Crippen molar-refractivity contribution >= 4 is 11.9 Å². The summed E-state index contributed by atoms with van der Waals surface area (Å²) < 4.78 is 10.5. The molecule has 3 unspecified atom stereocenters. The first-order valence-corrected chi connectivity index (χ1v) is 7.68. The monoisotopic (exact) mass is 302 g/mol. The molecule has 0 heterocycles. The minimum atomic E-state index is -0.382. The molecule has 118 valence electrons. The molecule has 2 aliphatic rings. The molecule has 3 atom stereocenters. The van der Waals surface area contributed by atoms with Gasteiger partial charge >= 0.3 is 11.9 Å². The van der Waals surface area contributed by atoms with Crippen molar-refractivity contribution in [3.05, 3.63) is 24.5 Å². The fourth-order valence-corrected chi connectivity index (χ4v) is 3.09. The molecule has 2 fully saturated rings. The van der Waals surface area contributed by atoms with E-state index in [1.165, 1.54) is 13.8 Å². The third-order valence-electron chi connectivity index (χ3n) is 4.19. The van der Waals surface area contributed by atoms with Crippen LogP contribution in [0, 0.1) is 23.2 Å². The van der Waals surface area contributed by atoms with Crippen LogP contribution >= 0.6 is 0 Å². The summed E-state index contributed by atoms with van der Waals surface area (Å²) in [5.74, 6) is 6.43. The van der Waals surface area contributed by atoms with E-state index in [1.807, 2.05) is 0 Å². The molecule has 4 nitrogen and oxygen atoms in total. The summed E-state index contributed by atoms with van der Waals surface area (Å²) in [5.41, 5.74) is -0.233. The normalized spacial score (nSPS) is 28.9. The average molecular weight is 302 g/mol. The van der Waals surface area contributed by atoms with E-state index < -0.39 is 0 Å². The van der Waals surface area contributed by atoms with Gasteiger partial charge in [0.05, 0.1) is 5.41 Å². The Morgan fingerprint density at radius 1 is 1.27 bits per heavy atom. The van der Waals surface area contributed by atoms with Crippen LogP contribution in [0.5, 0.6) is 0 Å². The number of fused-ring (bicyclic) bond motifs is 1. The van der Waals surface area contributed by atoms with Crippen LogP contribution in [0.1, 0.15) is 46.0 Å². The summed E-state index contributed by atoms with van der Waals surface area (Å²) in [4.78, 5) is 22.4. The fraction of sp³-hybridized carbons (Fsp3) is 0.556. The van der Waals surface area contributed by atoms with Gasteiger partial charge in [-0.2, -0.15) is 0 Å². The number of carbonyl (C=O) groups excluding carboxylic acids is 2. The van der Waals surface area contributed by atoms with Crippen LogP contribution in [-0.4, -0.2) is 18.0 Å². The highest BCUT2D eigenvalue weighted by atomic mass is 16.5. The van der Waals surface area contributed by atoms with Gasteiger partial charge in [-0.15, -0.1) is 6.58 Å². The van der Waals surface area contributed by atoms with Crippen LogP contribution in [0.25, 0.3) is 0 Å². The Kier molecular flexibility index (Phi) is 5.07. The molecule has 0 amide bonds. The molecule has 0 aromatic rings. The zero-order valence-electron chi connectivity index (χ0n) is 13.2. The predicted octanol–water partition coefficient (Wildman–Crippen LogP) is 3.13. The van der Waals surface area contributed by atoms with Crippen LogP contribution < -0.4 is 0 Å². The van der Waals surface area contributed by atoms with Crippen molar-refractivity contribution < 1.29 is 19.1 Å². The molecular weight excluding hydrogens is 280 g/mol. The largest absolute Gasteiger partial charge is 0.461 e. The summed E-state index contributed by atoms with van der Waals surface area (Å²) in [6, 6.07) is 0. The number of hydrogen-bond acceptors (Lipinski definition) is 4. The number of allylic oxidation sites excluding steroid dienone is 3. The highest BCUT2D eigenvalue weighted by molar-refractivity contribution is 5.68. The molecule has 0 spiro atoms. The number of ether oxygens (including phenoxy) is 2. The van der Waals surface area contributed by atoms with Gasteiger partial charge < -0.3 is 9.47 Å². The van der Waals surface area contributed by atoms with Gasteiger partial charge in [0.15, 0.2) is 5.76 Å². The summed E-state index contributed by atoms with van der Waals surface area (Å²) in [6.07, 6.45) is 7.86. The SMILES string of the molecule is C=CCC/C=C(\C#CC12CC1CCC2OC(C)=O)OC(C)=O. The van der Waals surface area contributed by atoms with Gasteiger partial charge in [0, 0.05) is 13.8 Å². The molecular formula is C18H22O4. The summed E-state index contributed by atoms with van der Waals surface area (Å²) in [5, 5.41) is 0. The second-order valence-electron chi connectivity index (χ2n) is 5.89. The lowest BCUT2D eigenvalue weighted by atomic mass is 10.0. The molecule has 0 radical (unpaired) electrons. The maximum atomic E-state index is 11.2. The van der Waals surface area contributed by atoms with E-state index in [0.29, 0.717) is 11.7 Å². The van der Waals surface area contributed by atoms with Crippen molar-refractivity contribution in [2.75, 3.05) is 0 Å². The smallest absolute Gasteiger partial charge is 0.308 e. The standard InChI is InChI=1S/C18H22O4/c1-4-5-6-7-16(21-13(2)19)10-11-18-12-15(18)8-9-17(18)22-14(3)20/h4,7,15,17H,1,5-6,8-9,12H2,2-3H3/b16-7+. The van der Waals surface area contributed by atoms with Gasteiger partial charge in [0.25, 0.3) is 0 Å². The molecule has 0 aromatic heterocycles. The fourth-order valence-electron chi connectivity index (χ4n) is 3.09. The van der Waals surface area contributed by atoms with Gasteiger partial charge in [-0.25, -0.2) is 0 Å².